The Morgan fingerprint density at radius 3 is 2.56 bits per heavy atom. The Balaban J connectivity index is 2.17. The van der Waals surface area contributed by atoms with Gasteiger partial charge in [-0.3, -0.25) is 0 Å². The van der Waals surface area contributed by atoms with Crippen LogP contribution in [0.2, 0.25) is 0 Å². The third-order valence-electron chi connectivity index (χ3n) is 2.17. The van der Waals surface area contributed by atoms with Gasteiger partial charge in [0.05, 0.1) is 20.6 Å². The lowest BCUT2D eigenvalue weighted by molar-refractivity contribution is -0.858. The Hall–Kier alpha value is -1.13. The molecule has 0 bridgehead atoms. The lowest BCUT2D eigenvalue weighted by Gasteiger charge is -2.11. The molecule has 0 spiro atoms. The van der Waals surface area contributed by atoms with Crippen molar-refractivity contribution >= 4 is 23.0 Å². The molecule has 88 valence electrons. The molecule has 0 atom stereocenters. The number of hydrogen-bond acceptors (Lipinski definition) is 1. The van der Waals surface area contributed by atoms with Gasteiger partial charge in [0.1, 0.15) is 0 Å². The van der Waals surface area contributed by atoms with Crippen LogP contribution in [-0.4, -0.2) is 32.3 Å². The number of benzene rings is 1. The maximum absolute atomic E-state index is 5.19. The minimum Gasteiger partial charge on any atom is -0.362 e. The Morgan fingerprint density at radius 1 is 1.25 bits per heavy atom. The first-order valence-corrected chi connectivity index (χ1v) is 5.98. The van der Waals surface area contributed by atoms with E-state index in [0.29, 0.717) is 5.11 Å². The van der Waals surface area contributed by atoms with Gasteiger partial charge < -0.3 is 15.5 Å². The molecule has 3 nitrogen and oxygen atoms in total. The van der Waals surface area contributed by atoms with E-state index in [2.05, 4.69) is 24.7 Å². The number of hydrogen-bond donors (Lipinski definition) is 3. The van der Waals surface area contributed by atoms with Gasteiger partial charge in [0.25, 0.3) is 0 Å². The maximum Gasteiger partial charge on any atom is 0.170 e. The van der Waals surface area contributed by atoms with Crippen LogP contribution in [0.25, 0.3) is 0 Å². The zero-order valence-corrected chi connectivity index (χ0v) is 10.7. The standard InChI is InChI=1S/C12H19N3S/c1-15(2)10-6-9-13-12(16)14-11-7-4-3-5-8-11/h3-5,7-8H,6,9-10H2,1-2H3,(H2,13,14,16)/p+1. The van der Waals surface area contributed by atoms with Crippen LogP contribution >= 0.6 is 12.2 Å². The molecule has 0 aliphatic heterocycles. The molecule has 1 aromatic carbocycles. The lowest BCUT2D eigenvalue weighted by Crippen LogP contribution is -3.05. The van der Waals surface area contributed by atoms with Gasteiger partial charge >= 0.3 is 0 Å². The van der Waals surface area contributed by atoms with Gasteiger partial charge in [0.2, 0.25) is 0 Å². The molecular weight excluding hydrogens is 218 g/mol. The summed E-state index contributed by atoms with van der Waals surface area (Å²) in [5, 5.41) is 7.03. The van der Waals surface area contributed by atoms with Crippen LogP contribution in [0.1, 0.15) is 6.42 Å². The van der Waals surface area contributed by atoms with Crippen LogP contribution in [0.3, 0.4) is 0 Å². The van der Waals surface area contributed by atoms with Gasteiger partial charge in [-0.15, -0.1) is 0 Å². The predicted octanol–water partition coefficient (Wildman–Crippen LogP) is 0.508. The van der Waals surface area contributed by atoms with Crippen molar-refractivity contribution < 1.29 is 4.90 Å². The van der Waals surface area contributed by atoms with E-state index < -0.39 is 0 Å². The number of para-hydroxylation sites is 1. The number of nitrogens with one attached hydrogen (secondary N) is 3. The Bertz CT molecular complexity index is 311. The zero-order chi connectivity index (χ0) is 11.8. The number of rotatable bonds is 5. The normalized spacial score (nSPS) is 10.2. The van der Waals surface area contributed by atoms with Gasteiger partial charge in [0.15, 0.2) is 5.11 Å². The fourth-order valence-electron chi connectivity index (χ4n) is 1.34. The monoisotopic (exact) mass is 238 g/mol. The van der Waals surface area contributed by atoms with Crippen molar-refractivity contribution in [3.63, 3.8) is 0 Å². The second-order valence-electron chi connectivity index (χ2n) is 4.06. The molecule has 0 aliphatic carbocycles. The van der Waals surface area contributed by atoms with E-state index in [9.17, 15) is 0 Å². The lowest BCUT2D eigenvalue weighted by atomic mass is 10.3. The van der Waals surface area contributed by atoms with Crippen LogP contribution < -0.4 is 15.5 Å². The van der Waals surface area contributed by atoms with E-state index in [1.807, 2.05) is 30.3 Å². The van der Waals surface area contributed by atoms with Gasteiger partial charge in [-0.25, -0.2) is 0 Å². The van der Waals surface area contributed by atoms with E-state index in [0.717, 1.165) is 25.2 Å². The summed E-state index contributed by atoms with van der Waals surface area (Å²) in [4.78, 5) is 1.46. The molecule has 0 fully saturated rings. The topological polar surface area (TPSA) is 28.5 Å². The molecule has 0 aliphatic rings. The maximum atomic E-state index is 5.19. The highest BCUT2D eigenvalue weighted by Crippen LogP contribution is 2.03. The Morgan fingerprint density at radius 2 is 1.94 bits per heavy atom. The summed E-state index contributed by atoms with van der Waals surface area (Å²) in [6.07, 6.45) is 1.12. The third kappa shape index (κ3) is 5.68. The van der Waals surface area contributed by atoms with Crippen molar-refractivity contribution in [2.75, 3.05) is 32.5 Å². The number of quaternary nitrogens is 1. The highest BCUT2D eigenvalue weighted by molar-refractivity contribution is 7.80. The summed E-state index contributed by atoms with van der Waals surface area (Å²) in [5.74, 6) is 0. The Kier molecular flexibility index (Phi) is 5.82. The summed E-state index contributed by atoms with van der Waals surface area (Å²) in [5.41, 5.74) is 1.03. The zero-order valence-electron chi connectivity index (χ0n) is 9.92. The molecule has 0 radical (unpaired) electrons. The van der Waals surface area contributed by atoms with Crippen molar-refractivity contribution in [3.05, 3.63) is 30.3 Å². The molecule has 4 heteroatoms. The molecule has 0 unspecified atom stereocenters. The molecule has 0 saturated carbocycles. The second kappa shape index (κ2) is 7.19. The fourth-order valence-corrected chi connectivity index (χ4v) is 1.56. The van der Waals surface area contributed by atoms with Crippen LogP contribution in [0, 0.1) is 0 Å². The van der Waals surface area contributed by atoms with Gasteiger partial charge in [-0.2, -0.15) is 0 Å². The van der Waals surface area contributed by atoms with E-state index >= 15 is 0 Å². The summed E-state index contributed by atoms with van der Waals surface area (Å²) >= 11 is 5.19. The van der Waals surface area contributed by atoms with Crippen LogP contribution in [-0.2, 0) is 0 Å². The van der Waals surface area contributed by atoms with E-state index in [-0.39, 0.29) is 0 Å². The van der Waals surface area contributed by atoms with Crippen LogP contribution in [0.15, 0.2) is 30.3 Å². The average molecular weight is 238 g/mol. The molecule has 16 heavy (non-hydrogen) atoms. The first-order chi connectivity index (χ1) is 7.68. The number of anilines is 1. The molecule has 3 N–H and O–H groups in total. The van der Waals surface area contributed by atoms with Crippen molar-refractivity contribution in [3.8, 4) is 0 Å². The quantitative estimate of drug-likeness (QED) is 0.515. The van der Waals surface area contributed by atoms with E-state index in [1.165, 1.54) is 4.90 Å². The SMILES string of the molecule is C[NH+](C)CCCNC(=S)Nc1ccccc1. The minimum absolute atomic E-state index is 0.694. The number of thiocarbonyl (C=S) groups is 1. The first kappa shape index (κ1) is 12.9. The van der Waals surface area contributed by atoms with Gasteiger partial charge in [-0.1, -0.05) is 18.2 Å². The summed E-state index contributed by atoms with van der Waals surface area (Å²) < 4.78 is 0. The minimum atomic E-state index is 0.694. The molecular formula is C12H20N3S+. The van der Waals surface area contributed by atoms with Crippen molar-refractivity contribution in [1.82, 2.24) is 5.32 Å². The Labute approximate surface area is 103 Å². The highest BCUT2D eigenvalue weighted by Gasteiger charge is 1.97. The average Bonchev–Trinajstić information content (AvgIpc) is 2.25. The molecule has 0 heterocycles. The molecule has 1 rings (SSSR count). The van der Waals surface area contributed by atoms with E-state index in [1.54, 1.807) is 0 Å². The van der Waals surface area contributed by atoms with Crippen LogP contribution in [0.5, 0.6) is 0 Å². The smallest absolute Gasteiger partial charge is 0.170 e. The van der Waals surface area contributed by atoms with Crippen LogP contribution in [0.4, 0.5) is 5.69 Å². The summed E-state index contributed by atoms with van der Waals surface area (Å²) in [6.45, 7) is 2.07. The molecule has 0 saturated heterocycles. The fraction of sp³-hybridized carbons (Fsp3) is 0.417. The van der Waals surface area contributed by atoms with Crippen molar-refractivity contribution in [2.45, 2.75) is 6.42 Å². The summed E-state index contributed by atoms with van der Waals surface area (Å²) in [6, 6.07) is 9.96. The largest absolute Gasteiger partial charge is 0.362 e. The summed E-state index contributed by atoms with van der Waals surface area (Å²) in [7, 11) is 4.31. The molecule has 1 aromatic rings. The highest BCUT2D eigenvalue weighted by atomic mass is 32.1. The third-order valence-corrected chi connectivity index (χ3v) is 2.42. The first-order valence-electron chi connectivity index (χ1n) is 5.57. The van der Waals surface area contributed by atoms with Gasteiger partial charge in [0, 0.05) is 18.7 Å². The van der Waals surface area contributed by atoms with Gasteiger partial charge in [-0.05, 0) is 24.4 Å². The second-order valence-corrected chi connectivity index (χ2v) is 4.47. The van der Waals surface area contributed by atoms with Crippen molar-refractivity contribution in [1.29, 1.82) is 0 Å². The van der Waals surface area contributed by atoms with E-state index in [4.69, 9.17) is 12.2 Å². The molecule has 0 amide bonds. The molecule has 0 aromatic heterocycles. The van der Waals surface area contributed by atoms with Crippen molar-refractivity contribution in [2.24, 2.45) is 0 Å². The predicted molar refractivity (Wildman–Crippen MR) is 73.0 cm³/mol.